The van der Waals surface area contributed by atoms with Crippen molar-refractivity contribution in [2.45, 2.75) is 6.92 Å². The van der Waals surface area contributed by atoms with Crippen LogP contribution in [0.2, 0.25) is 5.02 Å². The monoisotopic (exact) mass is 377 g/mol. The van der Waals surface area contributed by atoms with Gasteiger partial charge in [0, 0.05) is 7.11 Å². The third-order valence-electron chi connectivity index (χ3n) is 3.56. The number of aryl methyl sites for hydroxylation is 1. The van der Waals surface area contributed by atoms with Crippen LogP contribution in [0.5, 0.6) is 0 Å². The predicted octanol–water partition coefficient (Wildman–Crippen LogP) is 4.20. The van der Waals surface area contributed by atoms with E-state index in [1.165, 1.54) is 17.7 Å². The first-order valence-electron chi connectivity index (χ1n) is 7.53. The fraction of sp³-hybridized carbons (Fsp3) is 0.235. The van der Waals surface area contributed by atoms with Crippen molar-refractivity contribution >= 4 is 50.6 Å². The molecule has 0 radical (unpaired) electrons. The lowest BCUT2D eigenvalue weighted by Gasteiger charge is -2.08. The second-order valence-electron chi connectivity index (χ2n) is 5.19. The minimum Gasteiger partial charge on any atom is -0.459 e. The molecule has 0 unspecified atom stereocenters. The zero-order valence-corrected chi connectivity index (χ0v) is 15.3. The van der Waals surface area contributed by atoms with Gasteiger partial charge in [0.15, 0.2) is 0 Å². The lowest BCUT2D eigenvalue weighted by Crippen LogP contribution is -2.09. The Balaban J connectivity index is 1.96. The molecule has 1 aromatic carbocycles. The van der Waals surface area contributed by atoms with Crippen LogP contribution in [0.3, 0.4) is 0 Å². The van der Waals surface area contributed by atoms with Gasteiger partial charge in [-0.3, -0.25) is 0 Å². The van der Waals surface area contributed by atoms with Gasteiger partial charge in [0.2, 0.25) is 0 Å². The summed E-state index contributed by atoms with van der Waals surface area (Å²) in [7, 11) is 1.56. The number of esters is 1. The van der Waals surface area contributed by atoms with Gasteiger partial charge in [-0.15, -0.1) is 11.3 Å². The molecule has 0 amide bonds. The number of halogens is 1. The number of rotatable bonds is 6. The zero-order valence-electron chi connectivity index (χ0n) is 13.7. The number of nitrogens with one attached hydrogen (secondary N) is 1. The predicted molar refractivity (Wildman–Crippen MR) is 99.0 cm³/mol. The van der Waals surface area contributed by atoms with Crippen molar-refractivity contribution in [3.05, 3.63) is 46.1 Å². The lowest BCUT2D eigenvalue weighted by atomic mass is 10.2. The Bertz CT molecular complexity index is 913. The third kappa shape index (κ3) is 3.73. The number of benzene rings is 1. The molecular weight excluding hydrogens is 362 g/mol. The number of aromatic nitrogens is 2. The molecular formula is C17H16ClN3O3S. The van der Waals surface area contributed by atoms with Crippen molar-refractivity contribution in [3.63, 3.8) is 0 Å². The molecule has 6 nitrogen and oxygen atoms in total. The van der Waals surface area contributed by atoms with Gasteiger partial charge in [0.1, 0.15) is 28.5 Å². The highest BCUT2D eigenvalue weighted by Gasteiger charge is 2.20. The van der Waals surface area contributed by atoms with Crippen molar-refractivity contribution in [1.29, 1.82) is 0 Å². The Hall–Kier alpha value is -2.22. The van der Waals surface area contributed by atoms with Crippen LogP contribution in [0.1, 0.15) is 15.2 Å². The highest BCUT2D eigenvalue weighted by molar-refractivity contribution is 7.20. The van der Waals surface area contributed by atoms with Crippen molar-refractivity contribution in [3.8, 4) is 0 Å². The highest BCUT2D eigenvalue weighted by atomic mass is 35.5. The number of methoxy groups -OCH3 is 1. The zero-order chi connectivity index (χ0) is 17.8. The fourth-order valence-corrected chi connectivity index (χ4v) is 3.56. The molecule has 3 rings (SSSR count). The number of hydrogen-bond donors (Lipinski definition) is 1. The average Bonchev–Trinajstić information content (AvgIpc) is 2.95. The standard InChI is InChI=1S/C17H16ClN3O3S/c1-10-13-15(21-12-6-4-3-5-11(12)18)19-9-20-16(13)25-14(10)17(22)24-8-7-23-2/h3-6,9H,7-8H2,1-2H3,(H,19,20,21). The van der Waals surface area contributed by atoms with E-state index >= 15 is 0 Å². The van der Waals surface area contributed by atoms with E-state index in [2.05, 4.69) is 15.3 Å². The van der Waals surface area contributed by atoms with E-state index in [4.69, 9.17) is 21.1 Å². The number of para-hydroxylation sites is 1. The highest BCUT2D eigenvalue weighted by Crippen LogP contribution is 2.35. The van der Waals surface area contributed by atoms with Gasteiger partial charge in [-0.2, -0.15) is 0 Å². The first kappa shape index (κ1) is 17.6. The molecule has 25 heavy (non-hydrogen) atoms. The molecule has 0 spiro atoms. The molecule has 130 valence electrons. The van der Waals surface area contributed by atoms with Crippen molar-refractivity contribution in [1.82, 2.24) is 9.97 Å². The average molecular weight is 378 g/mol. The van der Waals surface area contributed by atoms with Crippen LogP contribution in [0.25, 0.3) is 10.2 Å². The Kier molecular flexibility index (Phi) is 5.47. The molecule has 3 aromatic rings. The van der Waals surface area contributed by atoms with Crippen LogP contribution in [0.4, 0.5) is 11.5 Å². The second-order valence-corrected chi connectivity index (χ2v) is 6.60. The number of carbonyl (C=O) groups is 1. The first-order chi connectivity index (χ1) is 12.1. The maximum Gasteiger partial charge on any atom is 0.348 e. The molecule has 0 aliphatic carbocycles. The summed E-state index contributed by atoms with van der Waals surface area (Å²) in [6.45, 7) is 2.42. The summed E-state index contributed by atoms with van der Waals surface area (Å²) >= 11 is 7.48. The minimum absolute atomic E-state index is 0.208. The van der Waals surface area contributed by atoms with Crippen LogP contribution in [0.15, 0.2) is 30.6 Å². The normalized spacial score (nSPS) is 10.8. The number of ether oxygens (including phenoxy) is 2. The smallest absolute Gasteiger partial charge is 0.348 e. The molecule has 2 heterocycles. The Labute approximate surface area is 153 Å². The summed E-state index contributed by atoms with van der Waals surface area (Å²) < 4.78 is 10.1. The summed E-state index contributed by atoms with van der Waals surface area (Å²) in [5.41, 5.74) is 1.51. The molecule has 0 aliphatic rings. The Morgan fingerprint density at radius 3 is 2.84 bits per heavy atom. The van der Waals surface area contributed by atoms with Crippen LogP contribution in [-0.2, 0) is 9.47 Å². The SMILES string of the molecule is COCCOC(=O)c1sc2ncnc(Nc3ccccc3Cl)c2c1C. The summed E-state index contributed by atoms with van der Waals surface area (Å²) in [4.78, 5) is 22.1. The van der Waals surface area contributed by atoms with E-state index in [-0.39, 0.29) is 12.6 Å². The topological polar surface area (TPSA) is 73.3 Å². The third-order valence-corrected chi connectivity index (χ3v) is 5.07. The maximum absolute atomic E-state index is 12.3. The van der Waals surface area contributed by atoms with E-state index < -0.39 is 0 Å². The van der Waals surface area contributed by atoms with Crippen LogP contribution < -0.4 is 5.32 Å². The van der Waals surface area contributed by atoms with Gasteiger partial charge in [0.05, 0.1) is 22.7 Å². The number of hydrogen-bond acceptors (Lipinski definition) is 7. The molecule has 0 saturated carbocycles. The Morgan fingerprint density at radius 2 is 2.08 bits per heavy atom. The fourth-order valence-electron chi connectivity index (χ4n) is 2.33. The largest absolute Gasteiger partial charge is 0.459 e. The van der Waals surface area contributed by atoms with Crippen LogP contribution in [-0.4, -0.2) is 36.3 Å². The van der Waals surface area contributed by atoms with Crippen molar-refractivity contribution in [2.75, 3.05) is 25.6 Å². The second kappa shape index (κ2) is 7.77. The summed E-state index contributed by atoms with van der Waals surface area (Å²) in [6.07, 6.45) is 1.46. The maximum atomic E-state index is 12.3. The molecule has 0 bridgehead atoms. The number of anilines is 2. The van der Waals surface area contributed by atoms with Gasteiger partial charge in [-0.1, -0.05) is 23.7 Å². The van der Waals surface area contributed by atoms with E-state index in [0.29, 0.717) is 27.2 Å². The number of fused-ring (bicyclic) bond motifs is 1. The summed E-state index contributed by atoms with van der Waals surface area (Å²) in [5.74, 6) is 0.212. The number of nitrogens with zero attached hydrogens (tertiary/aromatic N) is 2. The molecule has 0 saturated heterocycles. The van der Waals surface area contributed by atoms with Crippen molar-refractivity contribution < 1.29 is 14.3 Å². The summed E-state index contributed by atoms with van der Waals surface area (Å²) in [5, 5.41) is 4.58. The molecule has 0 atom stereocenters. The molecule has 0 aliphatic heterocycles. The van der Waals surface area contributed by atoms with E-state index in [1.54, 1.807) is 13.2 Å². The van der Waals surface area contributed by atoms with Gasteiger partial charge >= 0.3 is 5.97 Å². The van der Waals surface area contributed by atoms with Crippen molar-refractivity contribution in [2.24, 2.45) is 0 Å². The van der Waals surface area contributed by atoms with Gasteiger partial charge in [-0.25, -0.2) is 14.8 Å². The number of thiophene rings is 1. The van der Waals surface area contributed by atoms with Gasteiger partial charge < -0.3 is 14.8 Å². The Morgan fingerprint density at radius 1 is 1.28 bits per heavy atom. The van der Waals surface area contributed by atoms with Crippen LogP contribution in [0, 0.1) is 6.92 Å². The van der Waals surface area contributed by atoms with E-state index in [9.17, 15) is 4.79 Å². The number of carbonyl (C=O) groups excluding carboxylic acids is 1. The molecule has 0 fully saturated rings. The van der Waals surface area contributed by atoms with E-state index in [1.807, 2.05) is 25.1 Å². The van der Waals surface area contributed by atoms with E-state index in [0.717, 1.165) is 16.6 Å². The lowest BCUT2D eigenvalue weighted by molar-refractivity contribution is 0.0393. The minimum atomic E-state index is -0.388. The summed E-state index contributed by atoms with van der Waals surface area (Å²) in [6, 6.07) is 7.39. The van der Waals surface area contributed by atoms with Crippen LogP contribution >= 0.6 is 22.9 Å². The molecule has 8 heteroatoms. The van der Waals surface area contributed by atoms with Gasteiger partial charge in [-0.05, 0) is 24.6 Å². The quantitative estimate of drug-likeness (QED) is 0.512. The van der Waals surface area contributed by atoms with Gasteiger partial charge in [0.25, 0.3) is 0 Å². The molecule has 1 N–H and O–H groups in total. The molecule has 2 aromatic heterocycles. The first-order valence-corrected chi connectivity index (χ1v) is 8.73.